The smallest absolute Gasteiger partial charge is 0.227 e. The first-order valence-electron chi connectivity index (χ1n) is 8.29. The molecule has 1 atom stereocenters. The minimum absolute atomic E-state index is 0.0401. The van der Waals surface area contributed by atoms with Gasteiger partial charge in [-0.05, 0) is 36.2 Å². The molecule has 1 aliphatic heterocycles. The van der Waals surface area contributed by atoms with E-state index in [1.165, 1.54) is 0 Å². The fraction of sp³-hybridized carbons (Fsp3) is 0.263. The molecule has 26 heavy (non-hydrogen) atoms. The van der Waals surface area contributed by atoms with Crippen LogP contribution >= 0.6 is 23.2 Å². The van der Waals surface area contributed by atoms with Crippen LogP contribution in [-0.4, -0.2) is 18.3 Å². The predicted octanol–water partition coefficient (Wildman–Crippen LogP) is 4.23. The van der Waals surface area contributed by atoms with E-state index in [4.69, 9.17) is 33.8 Å². The number of carbonyl (C=O) groups excluding carboxylic acids is 1. The summed E-state index contributed by atoms with van der Waals surface area (Å²) in [5.74, 6) is 0.442. The maximum atomic E-state index is 12.2. The predicted molar refractivity (Wildman–Crippen MR) is 104 cm³/mol. The number of halogens is 2. The minimum Gasteiger partial charge on any atom is -0.390 e. The lowest BCUT2D eigenvalue weighted by molar-refractivity contribution is -0.119. The van der Waals surface area contributed by atoms with Crippen LogP contribution in [0, 0.1) is 5.92 Å². The molecule has 0 radical (unpaired) electrons. The molecule has 1 amide bonds. The number of carbonyl (C=O) groups is 1. The summed E-state index contributed by atoms with van der Waals surface area (Å²) in [7, 11) is 0. The Morgan fingerprint density at radius 1 is 1.19 bits per heavy atom. The second kappa shape index (κ2) is 8.43. The Hall–Kier alpha value is -2.24. The highest BCUT2D eigenvalue weighted by molar-refractivity contribution is 6.42. The molecule has 5 nitrogen and oxygen atoms in total. The molecule has 0 saturated carbocycles. The number of amidine groups is 1. The summed E-state index contributed by atoms with van der Waals surface area (Å²) in [5, 5.41) is 4.99. The zero-order valence-electron chi connectivity index (χ0n) is 14.1. The summed E-state index contributed by atoms with van der Waals surface area (Å²) < 4.78 is 0. The molecule has 1 heterocycles. The molecule has 2 N–H and O–H groups in total. The van der Waals surface area contributed by atoms with Crippen molar-refractivity contribution in [2.45, 2.75) is 19.4 Å². The number of rotatable bonds is 5. The molecule has 3 rings (SSSR count). The van der Waals surface area contributed by atoms with E-state index in [1.807, 2.05) is 36.4 Å². The summed E-state index contributed by atoms with van der Waals surface area (Å²) >= 11 is 11.9. The Labute approximate surface area is 162 Å². The van der Waals surface area contributed by atoms with Crippen LogP contribution in [0.4, 0.5) is 5.69 Å². The van der Waals surface area contributed by atoms with Crippen LogP contribution in [0.25, 0.3) is 0 Å². The Morgan fingerprint density at radius 3 is 2.69 bits per heavy atom. The molecule has 0 aliphatic carbocycles. The van der Waals surface area contributed by atoms with E-state index in [0.717, 1.165) is 11.3 Å². The second-order valence-corrected chi connectivity index (χ2v) is 6.93. The van der Waals surface area contributed by atoms with Gasteiger partial charge in [-0.2, -0.15) is 0 Å². The third-order valence-corrected chi connectivity index (χ3v) is 5.02. The number of benzene rings is 2. The number of hydrogen-bond donors (Lipinski definition) is 1. The lowest BCUT2D eigenvalue weighted by Gasteiger charge is -2.32. The fourth-order valence-corrected chi connectivity index (χ4v) is 3.15. The van der Waals surface area contributed by atoms with E-state index in [0.29, 0.717) is 35.3 Å². The maximum absolute atomic E-state index is 12.2. The number of hydrogen-bond acceptors (Lipinski definition) is 3. The summed E-state index contributed by atoms with van der Waals surface area (Å²) in [4.78, 5) is 19.3. The number of para-hydroxylation sites is 1. The fourth-order valence-electron chi connectivity index (χ4n) is 2.83. The first-order valence-corrected chi connectivity index (χ1v) is 9.05. The summed E-state index contributed by atoms with van der Waals surface area (Å²) in [5.41, 5.74) is 7.81. The number of amides is 1. The Bertz CT molecular complexity index is 812. The first-order chi connectivity index (χ1) is 12.5. The number of piperidine rings is 1. The molecule has 0 spiro atoms. The van der Waals surface area contributed by atoms with Gasteiger partial charge in [-0.3, -0.25) is 4.79 Å². The highest BCUT2D eigenvalue weighted by atomic mass is 35.5. The quantitative estimate of drug-likeness (QED) is 0.471. The highest BCUT2D eigenvalue weighted by Gasteiger charge is 2.29. The van der Waals surface area contributed by atoms with Crippen LogP contribution in [0.15, 0.2) is 53.7 Å². The van der Waals surface area contributed by atoms with Gasteiger partial charge in [0.1, 0.15) is 12.4 Å². The van der Waals surface area contributed by atoms with E-state index < -0.39 is 0 Å². The highest BCUT2D eigenvalue weighted by Crippen LogP contribution is 2.25. The molecule has 136 valence electrons. The lowest BCUT2D eigenvalue weighted by atomic mass is 9.96. The van der Waals surface area contributed by atoms with Crippen molar-refractivity contribution >= 4 is 40.6 Å². The Morgan fingerprint density at radius 2 is 1.96 bits per heavy atom. The van der Waals surface area contributed by atoms with E-state index in [1.54, 1.807) is 17.0 Å². The minimum atomic E-state index is -0.0401. The molecule has 1 unspecified atom stereocenters. The standard InChI is InChI=1S/C19H19Cl2N3O2/c20-16-8-6-13(10-17(16)21)12-26-23-19(22)14-7-9-18(25)24(11-14)15-4-2-1-3-5-15/h1-6,8,10,14H,7,9,11-12H2,(H2,22,23). The largest absolute Gasteiger partial charge is 0.390 e. The molecule has 1 saturated heterocycles. The van der Waals surface area contributed by atoms with Gasteiger partial charge < -0.3 is 15.5 Å². The van der Waals surface area contributed by atoms with E-state index >= 15 is 0 Å². The summed E-state index contributed by atoms with van der Waals surface area (Å²) in [6, 6.07) is 14.8. The second-order valence-electron chi connectivity index (χ2n) is 6.11. The van der Waals surface area contributed by atoms with E-state index in [2.05, 4.69) is 5.16 Å². The van der Waals surface area contributed by atoms with Crippen molar-refractivity contribution < 1.29 is 9.63 Å². The molecule has 1 fully saturated rings. The average molecular weight is 392 g/mol. The normalized spacial score (nSPS) is 18.1. The van der Waals surface area contributed by atoms with Crippen molar-refractivity contribution in [1.29, 1.82) is 0 Å². The molecule has 1 aliphatic rings. The maximum Gasteiger partial charge on any atom is 0.227 e. The average Bonchev–Trinajstić information content (AvgIpc) is 2.65. The van der Waals surface area contributed by atoms with Gasteiger partial charge in [-0.1, -0.05) is 52.6 Å². The van der Waals surface area contributed by atoms with Crippen molar-refractivity contribution in [1.82, 2.24) is 0 Å². The zero-order chi connectivity index (χ0) is 18.5. The van der Waals surface area contributed by atoms with Gasteiger partial charge >= 0.3 is 0 Å². The molecule has 2 aromatic carbocycles. The Kier molecular flexibility index (Phi) is 6.01. The summed E-state index contributed by atoms with van der Waals surface area (Å²) in [6.07, 6.45) is 1.09. The zero-order valence-corrected chi connectivity index (χ0v) is 15.6. The van der Waals surface area contributed by atoms with Crippen molar-refractivity contribution in [2.75, 3.05) is 11.4 Å². The van der Waals surface area contributed by atoms with Crippen molar-refractivity contribution in [3.63, 3.8) is 0 Å². The number of nitrogens with zero attached hydrogens (tertiary/aromatic N) is 2. The topological polar surface area (TPSA) is 67.9 Å². The van der Waals surface area contributed by atoms with Gasteiger partial charge in [0.15, 0.2) is 0 Å². The monoisotopic (exact) mass is 391 g/mol. The molecule has 2 aromatic rings. The van der Waals surface area contributed by atoms with Crippen LogP contribution in [0.5, 0.6) is 0 Å². The van der Waals surface area contributed by atoms with Gasteiger partial charge in [0.25, 0.3) is 0 Å². The first kappa shape index (κ1) is 18.5. The molecular weight excluding hydrogens is 373 g/mol. The number of oxime groups is 1. The lowest BCUT2D eigenvalue weighted by Crippen LogP contribution is -2.44. The Balaban J connectivity index is 1.61. The van der Waals surface area contributed by atoms with Crippen molar-refractivity contribution in [3.8, 4) is 0 Å². The van der Waals surface area contributed by atoms with E-state index in [9.17, 15) is 4.79 Å². The third kappa shape index (κ3) is 4.48. The van der Waals surface area contributed by atoms with Gasteiger partial charge in [0, 0.05) is 24.6 Å². The van der Waals surface area contributed by atoms with Crippen LogP contribution in [-0.2, 0) is 16.2 Å². The van der Waals surface area contributed by atoms with Gasteiger partial charge in [0.2, 0.25) is 5.91 Å². The SMILES string of the molecule is N/C(=N\OCc1ccc(Cl)c(Cl)c1)C1CCC(=O)N(c2ccccc2)C1. The van der Waals surface area contributed by atoms with Gasteiger partial charge in [-0.25, -0.2) is 0 Å². The van der Waals surface area contributed by atoms with Crippen molar-refractivity contribution in [2.24, 2.45) is 16.8 Å². The van der Waals surface area contributed by atoms with Crippen LogP contribution in [0.1, 0.15) is 18.4 Å². The summed E-state index contributed by atoms with van der Waals surface area (Å²) in [6.45, 7) is 0.736. The molecule has 7 heteroatoms. The molecule has 0 bridgehead atoms. The van der Waals surface area contributed by atoms with Gasteiger partial charge in [-0.15, -0.1) is 0 Å². The van der Waals surface area contributed by atoms with Gasteiger partial charge in [0.05, 0.1) is 10.0 Å². The van der Waals surface area contributed by atoms with E-state index in [-0.39, 0.29) is 18.4 Å². The van der Waals surface area contributed by atoms with Crippen molar-refractivity contribution in [3.05, 3.63) is 64.1 Å². The van der Waals surface area contributed by atoms with Crippen LogP contribution in [0.3, 0.4) is 0 Å². The third-order valence-electron chi connectivity index (χ3n) is 4.28. The number of nitrogens with two attached hydrogens (primary N) is 1. The molecular formula is C19H19Cl2N3O2. The van der Waals surface area contributed by atoms with Crippen LogP contribution in [0.2, 0.25) is 10.0 Å². The number of anilines is 1. The molecule has 0 aromatic heterocycles. The van der Waals surface area contributed by atoms with Crippen LogP contribution < -0.4 is 10.6 Å².